The summed E-state index contributed by atoms with van der Waals surface area (Å²) in [6.07, 6.45) is 2.55. The van der Waals surface area contributed by atoms with Crippen LogP contribution in [0.25, 0.3) is 0 Å². The molecular formula is C12H17NO. The molecule has 0 heterocycles. The zero-order chi connectivity index (χ0) is 9.97. The molecule has 2 heteroatoms. The topological polar surface area (TPSA) is 35.2 Å². The average Bonchev–Trinajstić information content (AvgIpc) is 2.99. The van der Waals surface area contributed by atoms with E-state index in [1.807, 2.05) is 18.2 Å². The Labute approximate surface area is 85.1 Å². The summed E-state index contributed by atoms with van der Waals surface area (Å²) < 4.78 is 5.67. The van der Waals surface area contributed by atoms with Crippen LogP contribution in [0.1, 0.15) is 18.4 Å². The number of ether oxygens (including phenoxy) is 1. The molecule has 0 amide bonds. The van der Waals surface area contributed by atoms with Gasteiger partial charge in [-0.3, -0.25) is 0 Å². The summed E-state index contributed by atoms with van der Waals surface area (Å²) in [4.78, 5) is 0. The van der Waals surface area contributed by atoms with Crippen LogP contribution in [0.3, 0.4) is 0 Å². The minimum Gasteiger partial charge on any atom is -0.492 e. The average molecular weight is 191 g/mol. The Morgan fingerprint density at radius 3 is 2.79 bits per heavy atom. The maximum atomic E-state index is 5.95. The van der Waals surface area contributed by atoms with Crippen LogP contribution in [0.5, 0.6) is 5.75 Å². The first-order chi connectivity index (χ1) is 6.77. The molecule has 2 rings (SSSR count). The zero-order valence-corrected chi connectivity index (χ0v) is 8.57. The number of nitrogens with two attached hydrogens (primary N) is 1. The number of para-hydroxylation sites is 1. The largest absolute Gasteiger partial charge is 0.492 e. The zero-order valence-electron chi connectivity index (χ0n) is 8.57. The van der Waals surface area contributed by atoms with Crippen molar-refractivity contribution in [1.82, 2.24) is 0 Å². The highest BCUT2D eigenvalue weighted by Crippen LogP contribution is 2.31. The first-order valence-corrected chi connectivity index (χ1v) is 5.21. The highest BCUT2D eigenvalue weighted by Gasteiger charge is 2.28. The Morgan fingerprint density at radius 1 is 1.43 bits per heavy atom. The molecule has 0 aromatic heterocycles. The third-order valence-corrected chi connectivity index (χ3v) is 2.75. The van der Waals surface area contributed by atoms with Gasteiger partial charge in [0.1, 0.15) is 12.4 Å². The first-order valence-electron chi connectivity index (χ1n) is 5.21. The summed E-state index contributed by atoms with van der Waals surface area (Å²) in [5.41, 5.74) is 7.13. The predicted octanol–water partition coefficient (Wildman–Crippen LogP) is 2.11. The highest BCUT2D eigenvalue weighted by molar-refractivity contribution is 5.31. The molecule has 1 atom stereocenters. The molecule has 1 aromatic carbocycles. The lowest BCUT2D eigenvalue weighted by Crippen LogP contribution is -2.29. The number of benzene rings is 1. The molecule has 76 valence electrons. The molecule has 1 saturated carbocycles. The maximum absolute atomic E-state index is 5.95. The smallest absolute Gasteiger partial charge is 0.122 e. The first kappa shape index (κ1) is 9.53. The molecule has 0 aliphatic heterocycles. The number of hydrogen-bond donors (Lipinski definition) is 1. The molecule has 0 unspecified atom stereocenters. The lowest BCUT2D eigenvalue weighted by Gasteiger charge is -2.13. The van der Waals surface area contributed by atoms with E-state index in [2.05, 4.69) is 13.0 Å². The van der Waals surface area contributed by atoms with E-state index in [0.29, 0.717) is 12.5 Å². The number of rotatable bonds is 4. The lowest BCUT2D eigenvalue weighted by atomic mass is 10.2. The van der Waals surface area contributed by atoms with Gasteiger partial charge >= 0.3 is 0 Å². The van der Waals surface area contributed by atoms with Crippen LogP contribution >= 0.6 is 0 Å². The van der Waals surface area contributed by atoms with Gasteiger partial charge < -0.3 is 10.5 Å². The molecule has 1 aromatic rings. The van der Waals surface area contributed by atoms with Gasteiger partial charge in [-0.2, -0.15) is 0 Å². The SMILES string of the molecule is Cc1ccccc1OC[C@@H](N)C1CC1. The van der Waals surface area contributed by atoms with E-state index in [0.717, 1.165) is 5.75 Å². The molecule has 0 bridgehead atoms. The van der Waals surface area contributed by atoms with Gasteiger partial charge in [0.25, 0.3) is 0 Å². The van der Waals surface area contributed by atoms with Gasteiger partial charge in [0, 0.05) is 6.04 Å². The number of aryl methyl sites for hydroxylation is 1. The van der Waals surface area contributed by atoms with Crippen LogP contribution in [0, 0.1) is 12.8 Å². The van der Waals surface area contributed by atoms with Crippen molar-refractivity contribution >= 4 is 0 Å². The predicted molar refractivity (Wildman–Crippen MR) is 57.4 cm³/mol. The second-order valence-electron chi connectivity index (χ2n) is 4.08. The van der Waals surface area contributed by atoms with E-state index in [4.69, 9.17) is 10.5 Å². The molecule has 1 aliphatic rings. The minimum absolute atomic E-state index is 0.217. The Morgan fingerprint density at radius 2 is 2.14 bits per heavy atom. The molecule has 2 N–H and O–H groups in total. The molecule has 0 saturated heterocycles. The van der Waals surface area contributed by atoms with Gasteiger partial charge in [-0.15, -0.1) is 0 Å². The van der Waals surface area contributed by atoms with Crippen LogP contribution in [0.2, 0.25) is 0 Å². The van der Waals surface area contributed by atoms with E-state index in [9.17, 15) is 0 Å². The van der Waals surface area contributed by atoms with Crippen molar-refractivity contribution in [2.24, 2.45) is 11.7 Å². The fourth-order valence-corrected chi connectivity index (χ4v) is 1.56. The lowest BCUT2D eigenvalue weighted by molar-refractivity contribution is 0.274. The van der Waals surface area contributed by atoms with Crippen molar-refractivity contribution < 1.29 is 4.74 Å². The molecular weight excluding hydrogens is 174 g/mol. The van der Waals surface area contributed by atoms with E-state index in [1.54, 1.807) is 0 Å². The van der Waals surface area contributed by atoms with Gasteiger partial charge in [0.2, 0.25) is 0 Å². The van der Waals surface area contributed by atoms with Crippen molar-refractivity contribution in [1.29, 1.82) is 0 Å². The second-order valence-corrected chi connectivity index (χ2v) is 4.08. The molecule has 14 heavy (non-hydrogen) atoms. The summed E-state index contributed by atoms with van der Waals surface area (Å²) in [6, 6.07) is 8.27. The highest BCUT2D eigenvalue weighted by atomic mass is 16.5. The normalized spacial score (nSPS) is 17.9. The van der Waals surface area contributed by atoms with Crippen LogP contribution in [-0.4, -0.2) is 12.6 Å². The van der Waals surface area contributed by atoms with Gasteiger partial charge in [-0.05, 0) is 37.3 Å². The van der Waals surface area contributed by atoms with Crippen LogP contribution in [0.15, 0.2) is 24.3 Å². The van der Waals surface area contributed by atoms with Gasteiger partial charge in [-0.25, -0.2) is 0 Å². The third-order valence-electron chi connectivity index (χ3n) is 2.75. The van der Waals surface area contributed by atoms with E-state index < -0.39 is 0 Å². The van der Waals surface area contributed by atoms with Gasteiger partial charge in [-0.1, -0.05) is 18.2 Å². The molecule has 0 spiro atoms. The Hall–Kier alpha value is -1.02. The number of hydrogen-bond acceptors (Lipinski definition) is 2. The van der Waals surface area contributed by atoms with Gasteiger partial charge in [0.05, 0.1) is 0 Å². The molecule has 0 radical (unpaired) electrons. The van der Waals surface area contributed by atoms with Crippen LogP contribution < -0.4 is 10.5 Å². The Kier molecular flexibility index (Phi) is 2.73. The maximum Gasteiger partial charge on any atom is 0.122 e. The molecule has 1 fully saturated rings. The van der Waals surface area contributed by atoms with Crippen molar-refractivity contribution in [3.63, 3.8) is 0 Å². The fourth-order valence-electron chi connectivity index (χ4n) is 1.56. The Balaban J connectivity index is 1.87. The van der Waals surface area contributed by atoms with Gasteiger partial charge in [0.15, 0.2) is 0 Å². The van der Waals surface area contributed by atoms with E-state index in [-0.39, 0.29) is 6.04 Å². The Bertz CT molecular complexity index is 307. The molecule has 1 aliphatic carbocycles. The third kappa shape index (κ3) is 2.26. The minimum atomic E-state index is 0.217. The summed E-state index contributed by atoms with van der Waals surface area (Å²) in [6.45, 7) is 2.70. The summed E-state index contributed by atoms with van der Waals surface area (Å²) in [5.74, 6) is 1.67. The quantitative estimate of drug-likeness (QED) is 0.791. The summed E-state index contributed by atoms with van der Waals surface area (Å²) in [7, 11) is 0. The summed E-state index contributed by atoms with van der Waals surface area (Å²) >= 11 is 0. The van der Waals surface area contributed by atoms with Crippen molar-refractivity contribution in [3.05, 3.63) is 29.8 Å². The van der Waals surface area contributed by atoms with E-state index >= 15 is 0 Å². The monoisotopic (exact) mass is 191 g/mol. The van der Waals surface area contributed by atoms with Crippen molar-refractivity contribution in [3.8, 4) is 5.75 Å². The molecule has 2 nitrogen and oxygen atoms in total. The second kappa shape index (κ2) is 4.01. The van der Waals surface area contributed by atoms with Crippen molar-refractivity contribution in [2.45, 2.75) is 25.8 Å². The standard InChI is InChI=1S/C12H17NO/c1-9-4-2-3-5-12(9)14-8-11(13)10-6-7-10/h2-5,10-11H,6-8,13H2,1H3/t11-/m1/s1. The summed E-state index contributed by atoms with van der Waals surface area (Å²) in [5, 5.41) is 0. The van der Waals surface area contributed by atoms with E-state index in [1.165, 1.54) is 18.4 Å². The van der Waals surface area contributed by atoms with Crippen molar-refractivity contribution in [2.75, 3.05) is 6.61 Å². The fraction of sp³-hybridized carbons (Fsp3) is 0.500. The van der Waals surface area contributed by atoms with Crippen LogP contribution in [0.4, 0.5) is 0 Å². The van der Waals surface area contributed by atoms with Crippen LogP contribution in [-0.2, 0) is 0 Å².